The fraction of sp³-hybridized carbons (Fsp3) is 0.125. The number of terminal acetylenes is 1. The summed E-state index contributed by atoms with van der Waals surface area (Å²) >= 11 is 0.895. The van der Waals surface area contributed by atoms with E-state index in [9.17, 15) is 9.59 Å². The zero-order valence-corrected chi connectivity index (χ0v) is 12.2. The fourth-order valence-corrected chi connectivity index (χ4v) is 2.49. The Kier molecular flexibility index (Phi) is 4.85. The van der Waals surface area contributed by atoms with Gasteiger partial charge in [-0.3, -0.25) is 14.5 Å². The lowest BCUT2D eigenvalue weighted by Gasteiger charge is -2.06. The third kappa shape index (κ3) is 3.56. The third-order valence-corrected chi connectivity index (χ3v) is 3.70. The number of amides is 2. The first-order valence-corrected chi connectivity index (χ1v) is 6.97. The van der Waals surface area contributed by atoms with E-state index in [1.54, 1.807) is 19.3 Å². The number of ether oxygens (including phenoxy) is 1. The lowest BCUT2D eigenvalue weighted by molar-refractivity contribution is -0.122. The minimum absolute atomic E-state index is 0.00417. The van der Waals surface area contributed by atoms with Crippen LogP contribution in [0.2, 0.25) is 0 Å². The molecule has 0 atom stereocenters. The smallest absolute Gasteiger partial charge is 0.294 e. The predicted molar refractivity (Wildman–Crippen MR) is 83.6 cm³/mol. The van der Waals surface area contributed by atoms with Crippen molar-refractivity contribution in [2.75, 3.05) is 13.7 Å². The van der Waals surface area contributed by atoms with E-state index in [-0.39, 0.29) is 17.7 Å². The van der Waals surface area contributed by atoms with Crippen molar-refractivity contribution in [1.82, 2.24) is 4.90 Å². The molecule has 0 spiro atoms. The fourth-order valence-electron chi connectivity index (χ4n) is 1.70. The van der Waals surface area contributed by atoms with Gasteiger partial charge in [0.05, 0.1) is 18.6 Å². The Morgan fingerprint density at radius 2 is 2.05 bits per heavy atom. The highest BCUT2D eigenvalue weighted by Crippen LogP contribution is 2.30. The lowest BCUT2D eigenvalue weighted by atomic mass is 10.2. The van der Waals surface area contributed by atoms with E-state index in [0.29, 0.717) is 4.91 Å². The molecular weight excluding hydrogens is 286 g/mol. The van der Waals surface area contributed by atoms with Gasteiger partial charge in [-0.15, -0.1) is 6.42 Å². The molecular formula is C16H13NO3S. The van der Waals surface area contributed by atoms with Crippen LogP contribution in [0.15, 0.2) is 41.3 Å². The summed E-state index contributed by atoms with van der Waals surface area (Å²) in [5, 5.41) is -0.331. The van der Waals surface area contributed by atoms with Crippen LogP contribution in [0.3, 0.4) is 0 Å². The molecule has 5 heteroatoms. The molecule has 21 heavy (non-hydrogen) atoms. The molecule has 1 heterocycles. The highest BCUT2D eigenvalue weighted by atomic mass is 32.2. The second-order valence-electron chi connectivity index (χ2n) is 4.13. The first kappa shape index (κ1) is 14.9. The van der Waals surface area contributed by atoms with Crippen LogP contribution in [0.5, 0.6) is 5.75 Å². The molecule has 1 aliphatic heterocycles. The van der Waals surface area contributed by atoms with Crippen LogP contribution in [-0.4, -0.2) is 29.7 Å². The van der Waals surface area contributed by atoms with E-state index in [2.05, 4.69) is 5.92 Å². The Morgan fingerprint density at radius 1 is 1.33 bits per heavy atom. The summed E-state index contributed by atoms with van der Waals surface area (Å²) in [6, 6.07) is 7.49. The van der Waals surface area contributed by atoms with E-state index in [0.717, 1.165) is 28.0 Å². The first-order valence-electron chi connectivity index (χ1n) is 6.15. The number of hydrogen-bond acceptors (Lipinski definition) is 4. The highest BCUT2D eigenvalue weighted by molar-refractivity contribution is 8.18. The van der Waals surface area contributed by atoms with Crippen molar-refractivity contribution >= 4 is 29.0 Å². The van der Waals surface area contributed by atoms with Crippen molar-refractivity contribution in [3.05, 3.63) is 46.9 Å². The van der Waals surface area contributed by atoms with Gasteiger partial charge in [-0.05, 0) is 35.5 Å². The Morgan fingerprint density at radius 3 is 2.67 bits per heavy atom. The maximum absolute atomic E-state index is 11.9. The van der Waals surface area contributed by atoms with E-state index >= 15 is 0 Å². The molecule has 1 fully saturated rings. The summed E-state index contributed by atoms with van der Waals surface area (Å²) in [5.41, 5.74) is 0.968. The molecule has 0 aliphatic carbocycles. The number of carbonyl (C=O) groups excluding carboxylic acids is 2. The molecule has 0 bridgehead atoms. The summed E-state index contributed by atoms with van der Waals surface area (Å²) in [7, 11) is 1.61. The molecule has 2 rings (SSSR count). The van der Waals surface area contributed by atoms with Crippen LogP contribution < -0.4 is 4.74 Å². The van der Waals surface area contributed by atoms with Gasteiger partial charge in [0.1, 0.15) is 5.75 Å². The summed E-state index contributed by atoms with van der Waals surface area (Å²) in [4.78, 5) is 24.9. The summed E-state index contributed by atoms with van der Waals surface area (Å²) in [6.45, 7) is 0.00417. The van der Waals surface area contributed by atoms with E-state index in [1.807, 2.05) is 30.3 Å². The normalized spacial score (nSPS) is 16.8. The zero-order chi connectivity index (χ0) is 15.2. The predicted octanol–water partition coefficient (Wildman–Crippen LogP) is 2.92. The summed E-state index contributed by atoms with van der Waals surface area (Å²) < 4.78 is 5.07. The zero-order valence-electron chi connectivity index (χ0n) is 11.4. The molecule has 0 N–H and O–H groups in total. The molecule has 4 nitrogen and oxygen atoms in total. The number of imide groups is 1. The van der Waals surface area contributed by atoms with Crippen molar-refractivity contribution in [3.63, 3.8) is 0 Å². The van der Waals surface area contributed by atoms with Crippen molar-refractivity contribution in [2.45, 2.75) is 0 Å². The van der Waals surface area contributed by atoms with Crippen LogP contribution in [0.1, 0.15) is 5.56 Å². The van der Waals surface area contributed by atoms with Crippen molar-refractivity contribution in [2.24, 2.45) is 0 Å². The van der Waals surface area contributed by atoms with Gasteiger partial charge in [0.2, 0.25) is 0 Å². The number of hydrogen-bond donors (Lipinski definition) is 0. The maximum Gasteiger partial charge on any atom is 0.294 e. The first-order chi connectivity index (χ1) is 10.2. The van der Waals surface area contributed by atoms with Crippen LogP contribution in [0.25, 0.3) is 6.08 Å². The quantitative estimate of drug-likeness (QED) is 0.633. The van der Waals surface area contributed by atoms with E-state index < -0.39 is 0 Å². The van der Waals surface area contributed by atoms with Gasteiger partial charge in [-0.2, -0.15) is 0 Å². The SMILES string of the molecule is C#CCN1C(=O)S/C(=C\C=C\c2ccc(OC)cc2)C1=O. The number of nitrogens with zero attached hydrogens (tertiary/aromatic N) is 1. The standard InChI is InChI=1S/C16H13NO3S/c1-3-11-17-15(18)14(21-16(17)19)6-4-5-12-7-9-13(20-2)10-8-12/h1,4-10H,11H2,2H3/b5-4+,14-6-. The molecule has 0 unspecified atom stereocenters. The molecule has 106 valence electrons. The maximum atomic E-state index is 11.9. The number of methoxy groups -OCH3 is 1. The number of allylic oxidation sites excluding steroid dienone is 2. The van der Waals surface area contributed by atoms with Crippen LogP contribution in [0, 0.1) is 12.3 Å². The second-order valence-corrected chi connectivity index (χ2v) is 5.12. The average molecular weight is 299 g/mol. The average Bonchev–Trinajstić information content (AvgIpc) is 2.76. The molecule has 0 radical (unpaired) electrons. The summed E-state index contributed by atoms with van der Waals surface area (Å²) in [6.07, 6.45) is 10.3. The largest absolute Gasteiger partial charge is 0.497 e. The Labute approximate surface area is 127 Å². The van der Waals surface area contributed by atoms with Gasteiger partial charge in [-0.25, -0.2) is 0 Å². The van der Waals surface area contributed by atoms with Crippen molar-refractivity contribution in [3.8, 4) is 18.1 Å². The van der Waals surface area contributed by atoms with Crippen molar-refractivity contribution in [1.29, 1.82) is 0 Å². The Hall–Kier alpha value is -2.45. The molecule has 0 saturated carbocycles. The van der Waals surface area contributed by atoms with Gasteiger partial charge in [0.25, 0.3) is 11.1 Å². The number of rotatable bonds is 4. The lowest BCUT2D eigenvalue weighted by Crippen LogP contribution is -2.28. The molecule has 2 amide bonds. The number of carbonyl (C=O) groups is 2. The van der Waals surface area contributed by atoms with Crippen LogP contribution >= 0.6 is 11.8 Å². The van der Waals surface area contributed by atoms with Gasteiger partial charge >= 0.3 is 0 Å². The van der Waals surface area contributed by atoms with Gasteiger partial charge < -0.3 is 4.74 Å². The number of thioether (sulfide) groups is 1. The minimum atomic E-state index is -0.345. The number of benzene rings is 1. The third-order valence-electron chi connectivity index (χ3n) is 2.78. The van der Waals surface area contributed by atoms with Crippen LogP contribution in [0.4, 0.5) is 4.79 Å². The van der Waals surface area contributed by atoms with E-state index in [1.165, 1.54) is 0 Å². The van der Waals surface area contributed by atoms with Gasteiger partial charge in [-0.1, -0.05) is 30.2 Å². The minimum Gasteiger partial charge on any atom is -0.497 e. The molecule has 1 aromatic carbocycles. The topological polar surface area (TPSA) is 46.6 Å². The monoisotopic (exact) mass is 299 g/mol. The molecule has 1 aromatic rings. The molecule has 1 saturated heterocycles. The Balaban J connectivity index is 2.07. The van der Waals surface area contributed by atoms with Gasteiger partial charge in [0, 0.05) is 0 Å². The highest BCUT2D eigenvalue weighted by Gasteiger charge is 2.33. The van der Waals surface area contributed by atoms with Gasteiger partial charge in [0.15, 0.2) is 0 Å². The summed E-state index contributed by atoms with van der Waals surface area (Å²) in [5.74, 6) is 2.73. The van der Waals surface area contributed by atoms with Crippen LogP contribution in [-0.2, 0) is 4.79 Å². The second kappa shape index (κ2) is 6.82. The molecule has 0 aromatic heterocycles. The van der Waals surface area contributed by atoms with E-state index in [4.69, 9.17) is 11.2 Å². The Bertz CT molecular complexity index is 653. The molecule has 1 aliphatic rings. The van der Waals surface area contributed by atoms with Crippen molar-refractivity contribution < 1.29 is 14.3 Å².